The molecule has 0 aliphatic carbocycles. The molecule has 0 saturated carbocycles. The second kappa shape index (κ2) is 7.43. The van der Waals surface area contributed by atoms with E-state index in [1.54, 1.807) is 17.5 Å². The lowest BCUT2D eigenvalue weighted by Crippen LogP contribution is -2.44. The van der Waals surface area contributed by atoms with E-state index in [-0.39, 0.29) is 16.5 Å². The quantitative estimate of drug-likeness (QED) is 0.611. The van der Waals surface area contributed by atoms with Gasteiger partial charge >= 0.3 is 0 Å². The Morgan fingerprint density at radius 1 is 1.64 bits per heavy atom. The molecule has 1 aromatic heterocycles. The number of aliphatic imine (C=N–C) groups is 1. The zero-order valence-electron chi connectivity index (χ0n) is 12.7. The summed E-state index contributed by atoms with van der Waals surface area (Å²) in [5.74, 6) is 0.631. The highest BCUT2D eigenvalue weighted by Crippen LogP contribution is 2.18. The molecule has 1 saturated heterocycles. The van der Waals surface area contributed by atoms with Gasteiger partial charge in [-0.3, -0.25) is 4.99 Å². The first kappa shape index (κ1) is 17.2. The number of nitrogens with two attached hydrogens (primary N) is 1. The largest absolute Gasteiger partial charge is 0.390 e. The van der Waals surface area contributed by atoms with Crippen LogP contribution >= 0.6 is 11.3 Å². The number of guanidine groups is 1. The van der Waals surface area contributed by atoms with Crippen LogP contribution in [0.15, 0.2) is 26.7 Å². The van der Waals surface area contributed by atoms with E-state index in [1.165, 1.54) is 6.42 Å². The summed E-state index contributed by atoms with van der Waals surface area (Å²) in [5, 5.41) is 11.6. The molecule has 2 rings (SSSR count). The van der Waals surface area contributed by atoms with Gasteiger partial charge in [-0.25, -0.2) is 8.42 Å². The molecule has 2 heterocycles. The molecule has 0 bridgehead atoms. The second-order valence-corrected chi connectivity index (χ2v) is 8.97. The van der Waals surface area contributed by atoms with E-state index in [0.29, 0.717) is 11.9 Å². The summed E-state index contributed by atoms with van der Waals surface area (Å²) in [6.07, 6.45) is 1.21. The van der Waals surface area contributed by atoms with Crippen molar-refractivity contribution in [1.82, 2.24) is 4.90 Å². The molecule has 2 unspecified atom stereocenters. The Balaban J connectivity index is 1.89. The fraction of sp³-hybridized carbons (Fsp3) is 0.643. The van der Waals surface area contributed by atoms with E-state index >= 15 is 0 Å². The van der Waals surface area contributed by atoms with Gasteiger partial charge in [0.2, 0.25) is 0 Å². The average Bonchev–Trinajstić information content (AvgIpc) is 2.99. The zero-order valence-corrected chi connectivity index (χ0v) is 14.3. The van der Waals surface area contributed by atoms with Gasteiger partial charge in [0.1, 0.15) is 4.21 Å². The first-order valence-electron chi connectivity index (χ1n) is 7.37. The minimum Gasteiger partial charge on any atom is -0.390 e. The van der Waals surface area contributed by atoms with Crippen molar-refractivity contribution < 1.29 is 13.5 Å². The highest BCUT2D eigenvalue weighted by Gasteiger charge is 2.21. The molecule has 124 valence electrons. The van der Waals surface area contributed by atoms with Crippen molar-refractivity contribution >= 4 is 27.1 Å². The number of hydrogen-bond acceptors (Lipinski definition) is 5. The van der Waals surface area contributed by atoms with Crippen LogP contribution in [0.1, 0.15) is 19.8 Å². The Morgan fingerprint density at radius 2 is 2.41 bits per heavy atom. The van der Waals surface area contributed by atoms with Crippen molar-refractivity contribution in [3.63, 3.8) is 0 Å². The molecule has 22 heavy (non-hydrogen) atoms. The van der Waals surface area contributed by atoms with E-state index in [0.717, 1.165) is 30.8 Å². The predicted molar refractivity (Wildman–Crippen MR) is 88.8 cm³/mol. The molecule has 8 heteroatoms. The monoisotopic (exact) mass is 345 g/mol. The summed E-state index contributed by atoms with van der Waals surface area (Å²) < 4.78 is 24.4. The standard InChI is InChI=1S/C14H23N3O3S2/c1-11-4-2-6-17(9-11)14(15)16-8-12(18)10-22(19,20)13-5-3-7-21-13/h3,5,7,11-12,18H,2,4,6,8-10H2,1H3,(H2,15,16). The molecule has 1 aliphatic heterocycles. The summed E-state index contributed by atoms with van der Waals surface area (Å²) in [4.78, 5) is 6.15. The molecule has 0 aromatic carbocycles. The molecular weight excluding hydrogens is 322 g/mol. The number of likely N-dealkylation sites (tertiary alicyclic amines) is 1. The van der Waals surface area contributed by atoms with Crippen LogP contribution in [0.3, 0.4) is 0 Å². The third-order valence-electron chi connectivity index (χ3n) is 3.66. The lowest BCUT2D eigenvalue weighted by atomic mass is 10.0. The molecule has 0 radical (unpaired) electrons. The highest BCUT2D eigenvalue weighted by atomic mass is 32.2. The average molecular weight is 345 g/mol. The second-order valence-electron chi connectivity index (χ2n) is 5.76. The normalized spacial score (nSPS) is 21.8. The Hall–Kier alpha value is -1.12. The van der Waals surface area contributed by atoms with Crippen molar-refractivity contribution in [3.05, 3.63) is 17.5 Å². The van der Waals surface area contributed by atoms with Gasteiger partial charge in [0.25, 0.3) is 0 Å². The van der Waals surface area contributed by atoms with Crippen LogP contribution < -0.4 is 5.73 Å². The van der Waals surface area contributed by atoms with Crippen LogP contribution in [0.5, 0.6) is 0 Å². The van der Waals surface area contributed by atoms with Crippen LogP contribution in [0, 0.1) is 5.92 Å². The highest BCUT2D eigenvalue weighted by molar-refractivity contribution is 7.93. The number of nitrogens with zero attached hydrogens (tertiary/aromatic N) is 2. The van der Waals surface area contributed by atoms with Crippen molar-refractivity contribution in [2.45, 2.75) is 30.1 Å². The van der Waals surface area contributed by atoms with Crippen LogP contribution in [0.25, 0.3) is 0 Å². The van der Waals surface area contributed by atoms with Gasteiger partial charge < -0.3 is 15.7 Å². The third kappa shape index (κ3) is 4.69. The summed E-state index contributed by atoms with van der Waals surface area (Å²) in [6.45, 7) is 3.89. The smallest absolute Gasteiger partial charge is 0.191 e. The number of thiophene rings is 1. The fourth-order valence-corrected chi connectivity index (χ4v) is 4.99. The van der Waals surface area contributed by atoms with Gasteiger partial charge in [-0.05, 0) is 30.2 Å². The Morgan fingerprint density at radius 3 is 3.05 bits per heavy atom. The number of hydrogen-bond donors (Lipinski definition) is 2. The van der Waals surface area contributed by atoms with Crippen molar-refractivity contribution in [2.75, 3.05) is 25.4 Å². The summed E-state index contributed by atoms with van der Waals surface area (Å²) in [5.41, 5.74) is 5.93. The zero-order chi connectivity index (χ0) is 16.2. The first-order chi connectivity index (χ1) is 10.4. The van der Waals surface area contributed by atoms with Crippen molar-refractivity contribution in [1.29, 1.82) is 0 Å². The Labute approximate surface area is 135 Å². The molecule has 3 N–H and O–H groups in total. The SMILES string of the molecule is CC1CCCN(C(N)=NCC(O)CS(=O)(=O)c2cccs2)C1. The van der Waals surface area contributed by atoms with Gasteiger partial charge in [0.05, 0.1) is 18.4 Å². The minimum atomic E-state index is -3.45. The van der Waals surface area contributed by atoms with Gasteiger partial charge in [0.15, 0.2) is 15.8 Å². The lowest BCUT2D eigenvalue weighted by molar-refractivity contribution is 0.204. The van der Waals surface area contributed by atoms with Crippen LogP contribution in [-0.4, -0.2) is 55.9 Å². The number of rotatable bonds is 5. The van der Waals surface area contributed by atoms with Gasteiger partial charge in [0, 0.05) is 13.1 Å². The van der Waals surface area contributed by atoms with E-state index in [1.807, 2.05) is 4.90 Å². The van der Waals surface area contributed by atoms with Crippen LogP contribution in [0.4, 0.5) is 0 Å². The van der Waals surface area contributed by atoms with Gasteiger partial charge in [-0.1, -0.05) is 13.0 Å². The maximum absolute atomic E-state index is 12.1. The lowest BCUT2D eigenvalue weighted by Gasteiger charge is -2.31. The Bertz CT molecular complexity index is 599. The summed E-state index contributed by atoms with van der Waals surface area (Å²) in [7, 11) is -3.45. The van der Waals surface area contributed by atoms with E-state index in [2.05, 4.69) is 11.9 Å². The predicted octanol–water partition coefficient (Wildman–Crippen LogP) is 0.929. The minimum absolute atomic E-state index is 0.00131. The van der Waals surface area contributed by atoms with Crippen molar-refractivity contribution in [2.24, 2.45) is 16.6 Å². The van der Waals surface area contributed by atoms with Gasteiger partial charge in [-0.15, -0.1) is 11.3 Å². The van der Waals surface area contributed by atoms with Gasteiger partial charge in [-0.2, -0.15) is 0 Å². The number of sulfone groups is 1. The molecule has 1 fully saturated rings. The molecule has 6 nitrogen and oxygen atoms in total. The van der Waals surface area contributed by atoms with E-state index < -0.39 is 15.9 Å². The topological polar surface area (TPSA) is 96.0 Å². The number of aliphatic hydroxyl groups excluding tert-OH is 1. The maximum atomic E-state index is 12.1. The summed E-state index contributed by atoms with van der Waals surface area (Å²) >= 11 is 1.15. The van der Waals surface area contributed by atoms with Crippen LogP contribution in [0.2, 0.25) is 0 Å². The molecular formula is C14H23N3O3S2. The number of piperidine rings is 1. The molecule has 0 amide bonds. The maximum Gasteiger partial charge on any atom is 0.191 e. The Kier molecular flexibility index (Phi) is 5.82. The first-order valence-corrected chi connectivity index (χ1v) is 9.91. The van der Waals surface area contributed by atoms with Crippen molar-refractivity contribution in [3.8, 4) is 0 Å². The van der Waals surface area contributed by atoms with E-state index in [4.69, 9.17) is 5.73 Å². The molecule has 1 aromatic rings. The molecule has 0 spiro atoms. The fourth-order valence-electron chi connectivity index (χ4n) is 2.52. The molecule has 1 aliphatic rings. The van der Waals surface area contributed by atoms with Crippen LogP contribution in [-0.2, 0) is 9.84 Å². The van der Waals surface area contributed by atoms with E-state index in [9.17, 15) is 13.5 Å². The molecule has 2 atom stereocenters. The number of aliphatic hydroxyl groups is 1. The summed E-state index contributed by atoms with van der Waals surface area (Å²) in [6, 6.07) is 3.22. The third-order valence-corrected chi connectivity index (χ3v) is 6.94.